The van der Waals surface area contributed by atoms with E-state index < -0.39 is 0 Å². The van der Waals surface area contributed by atoms with Gasteiger partial charge in [-0.2, -0.15) is 0 Å². The molecule has 138 valence electrons. The number of aldehydes is 1. The van der Waals surface area contributed by atoms with Crippen molar-refractivity contribution in [3.8, 4) is 0 Å². The molecule has 1 aromatic heterocycles. The number of carbonyl (C=O) groups excluding carboxylic acids is 1. The number of aliphatic imine (C=N–C) groups is 1. The van der Waals surface area contributed by atoms with Gasteiger partial charge in [0, 0.05) is 33.4 Å². The van der Waals surface area contributed by atoms with Crippen LogP contribution in [-0.4, -0.2) is 17.2 Å². The molecule has 0 saturated carbocycles. The number of para-hydroxylation sites is 1. The molecule has 7 heteroatoms. The zero-order valence-corrected chi connectivity index (χ0v) is 16.3. The largest absolute Gasteiger partial charge is 0.380 e. The van der Waals surface area contributed by atoms with Crippen LogP contribution in [0.1, 0.15) is 22.6 Å². The van der Waals surface area contributed by atoms with Crippen LogP contribution in [-0.2, 0) is 11.3 Å². The van der Waals surface area contributed by atoms with Crippen LogP contribution in [0, 0.1) is 13.8 Å². The Morgan fingerprint density at radius 3 is 2.52 bits per heavy atom. The molecular weight excluding hydrogens is 385 g/mol. The van der Waals surface area contributed by atoms with Crippen LogP contribution in [0.15, 0.2) is 52.0 Å². The minimum absolute atomic E-state index is 0.273. The third-order valence-corrected chi connectivity index (χ3v) is 4.48. The van der Waals surface area contributed by atoms with E-state index in [1.807, 2.05) is 38.1 Å². The summed E-state index contributed by atoms with van der Waals surface area (Å²) in [4.78, 5) is 16.1. The quantitative estimate of drug-likeness (QED) is 0.435. The first-order valence-corrected chi connectivity index (χ1v) is 8.98. The lowest BCUT2D eigenvalue weighted by molar-refractivity contribution is -0.102. The molecule has 0 radical (unpaired) electrons. The monoisotopic (exact) mass is 401 g/mol. The van der Waals surface area contributed by atoms with Crippen molar-refractivity contribution in [2.24, 2.45) is 4.99 Å². The van der Waals surface area contributed by atoms with Crippen LogP contribution in [0.3, 0.4) is 0 Å². The number of benzene rings is 2. The third kappa shape index (κ3) is 4.56. The summed E-state index contributed by atoms with van der Waals surface area (Å²) in [6.07, 6.45) is 0.714. The summed E-state index contributed by atoms with van der Waals surface area (Å²) in [6.45, 7) is 4.28. The van der Waals surface area contributed by atoms with E-state index in [2.05, 4.69) is 15.5 Å². The molecule has 0 atom stereocenters. The number of anilines is 1. The Balaban J connectivity index is 1.93. The number of carbonyl (C=O) groups is 1. The van der Waals surface area contributed by atoms with Crippen molar-refractivity contribution < 1.29 is 9.32 Å². The second kappa shape index (κ2) is 8.37. The van der Waals surface area contributed by atoms with Crippen molar-refractivity contribution in [2.45, 2.75) is 20.4 Å². The van der Waals surface area contributed by atoms with E-state index >= 15 is 0 Å². The molecule has 0 amide bonds. The fourth-order valence-corrected chi connectivity index (χ4v) is 3.21. The summed E-state index contributed by atoms with van der Waals surface area (Å²) in [6, 6.07) is 12.4. The summed E-state index contributed by atoms with van der Waals surface area (Å²) < 4.78 is 5.19. The Morgan fingerprint density at radius 2 is 1.89 bits per heavy atom. The van der Waals surface area contributed by atoms with Crippen LogP contribution < -0.4 is 5.32 Å². The predicted molar refractivity (Wildman–Crippen MR) is 108 cm³/mol. The molecule has 0 saturated heterocycles. The standard InChI is InChI=1S/C20H17Cl2N3O2/c1-12-18(13(2)27-25-12)10-23-19-6-4-3-5-17(19)20(11-26)24-16-8-14(21)7-15(22)9-16/h3-9,11,23H,10H2,1-2H3. The van der Waals surface area contributed by atoms with Crippen LogP contribution in [0.2, 0.25) is 10.0 Å². The molecule has 1 heterocycles. The molecule has 0 fully saturated rings. The lowest BCUT2D eigenvalue weighted by Gasteiger charge is -2.11. The van der Waals surface area contributed by atoms with E-state index in [-0.39, 0.29) is 5.71 Å². The molecule has 0 bridgehead atoms. The van der Waals surface area contributed by atoms with Crippen molar-refractivity contribution in [3.63, 3.8) is 0 Å². The van der Waals surface area contributed by atoms with E-state index in [0.717, 1.165) is 22.7 Å². The zero-order valence-electron chi connectivity index (χ0n) is 14.8. The number of hydrogen-bond acceptors (Lipinski definition) is 5. The SMILES string of the molecule is Cc1noc(C)c1CNc1ccccc1C(C=O)=Nc1cc(Cl)cc(Cl)c1. The number of aromatic nitrogens is 1. The molecule has 2 aromatic carbocycles. The Labute approximate surface area is 167 Å². The normalized spacial score (nSPS) is 11.5. The van der Waals surface area contributed by atoms with Crippen LogP contribution in [0.5, 0.6) is 0 Å². The van der Waals surface area contributed by atoms with E-state index in [0.29, 0.717) is 34.1 Å². The number of hydrogen-bond donors (Lipinski definition) is 1. The van der Waals surface area contributed by atoms with E-state index in [1.165, 1.54) is 0 Å². The number of aryl methyl sites for hydroxylation is 2. The molecule has 0 spiro atoms. The Hall–Kier alpha value is -2.63. The maximum Gasteiger partial charge on any atom is 0.169 e. The smallest absolute Gasteiger partial charge is 0.169 e. The maximum atomic E-state index is 11.7. The summed E-state index contributed by atoms with van der Waals surface area (Å²) >= 11 is 12.0. The first-order chi connectivity index (χ1) is 13.0. The average molecular weight is 402 g/mol. The zero-order chi connectivity index (χ0) is 19.4. The lowest BCUT2D eigenvalue weighted by Crippen LogP contribution is -2.09. The molecule has 27 heavy (non-hydrogen) atoms. The van der Waals surface area contributed by atoms with Gasteiger partial charge in [-0.05, 0) is 38.1 Å². The number of nitrogens with zero attached hydrogens (tertiary/aromatic N) is 2. The van der Waals surface area contributed by atoms with Gasteiger partial charge in [0.1, 0.15) is 11.5 Å². The van der Waals surface area contributed by atoms with E-state index in [4.69, 9.17) is 27.7 Å². The fourth-order valence-electron chi connectivity index (χ4n) is 2.69. The van der Waals surface area contributed by atoms with Crippen molar-refractivity contribution in [1.29, 1.82) is 0 Å². The maximum absolute atomic E-state index is 11.7. The number of halogens is 2. The van der Waals surface area contributed by atoms with E-state index in [1.54, 1.807) is 18.2 Å². The minimum atomic E-state index is 0.273. The Morgan fingerprint density at radius 1 is 1.19 bits per heavy atom. The highest BCUT2D eigenvalue weighted by Gasteiger charge is 2.12. The van der Waals surface area contributed by atoms with Gasteiger partial charge >= 0.3 is 0 Å². The van der Waals surface area contributed by atoms with Crippen molar-refractivity contribution in [1.82, 2.24) is 5.16 Å². The highest BCUT2D eigenvalue weighted by molar-refractivity contribution is 6.38. The molecule has 3 rings (SSSR count). The summed E-state index contributed by atoms with van der Waals surface area (Å²) in [7, 11) is 0. The molecule has 0 aliphatic carbocycles. The highest BCUT2D eigenvalue weighted by atomic mass is 35.5. The van der Waals surface area contributed by atoms with Gasteiger partial charge in [0.2, 0.25) is 0 Å². The third-order valence-electron chi connectivity index (χ3n) is 4.05. The Bertz CT molecular complexity index is 972. The van der Waals surface area contributed by atoms with E-state index in [9.17, 15) is 4.79 Å². The van der Waals surface area contributed by atoms with Gasteiger partial charge in [0.15, 0.2) is 6.29 Å². The molecule has 1 N–H and O–H groups in total. The van der Waals surface area contributed by atoms with Crippen LogP contribution in [0.25, 0.3) is 0 Å². The number of rotatable bonds is 6. The lowest BCUT2D eigenvalue weighted by atomic mass is 10.1. The molecule has 5 nitrogen and oxygen atoms in total. The van der Waals surface area contributed by atoms with Crippen molar-refractivity contribution in [2.75, 3.05) is 5.32 Å². The van der Waals surface area contributed by atoms with Gasteiger partial charge in [0.25, 0.3) is 0 Å². The summed E-state index contributed by atoms with van der Waals surface area (Å²) in [5.41, 5.74) is 4.04. The summed E-state index contributed by atoms with van der Waals surface area (Å²) in [5.74, 6) is 0.760. The average Bonchev–Trinajstić information content (AvgIpc) is 2.95. The Kier molecular flexibility index (Phi) is 5.94. The summed E-state index contributed by atoms with van der Waals surface area (Å²) in [5, 5.41) is 8.19. The van der Waals surface area contributed by atoms with Crippen LogP contribution in [0.4, 0.5) is 11.4 Å². The van der Waals surface area contributed by atoms with Gasteiger partial charge in [-0.15, -0.1) is 0 Å². The second-order valence-electron chi connectivity index (χ2n) is 5.94. The minimum Gasteiger partial charge on any atom is -0.380 e. The highest BCUT2D eigenvalue weighted by Crippen LogP contribution is 2.26. The second-order valence-corrected chi connectivity index (χ2v) is 6.82. The van der Waals surface area contributed by atoms with Crippen molar-refractivity contribution in [3.05, 3.63) is 75.1 Å². The van der Waals surface area contributed by atoms with Crippen LogP contribution >= 0.6 is 23.2 Å². The molecular formula is C20H17Cl2N3O2. The predicted octanol–water partition coefficient (Wildman–Crippen LogP) is 5.53. The van der Waals surface area contributed by atoms with Gasteiger partial charge in [0.05, 0.1) is 11.4 Å². The van der Waals surface area contributed by atoms with Gasteiger partial charge in [-0.3, -0.25) is 4.79 Å². The first-order valence-electron chi connectivity index (χ1n) is 8.23. The van der Waals surface area contributed by atoms with Gasteiger partial charge < -0.3 is 9.84 Å². The van der Waals surface area contributed by atoms with Gasteiger partial charge in [-0.1, -0.05) is 46.6 Å². The number of nitrogens with one attached hydrogen (secondary N) is 1. The van der Waals surface area contributed by atoms with Crippen molar-refractivity contribution >= 4 is 46.6 Å². The molecule has 0 aliphatic rings. The van der Waals surface area contributed by atoms with Gasteiger partial charge in [-0.25, -0.2) is 4.99 Å². The fraction of sp³-hybridized carbons (Fsp3) is 0.150. The first kappa shape index (κ1) is 19.1. The topological polar surface area (TPSA) is 67.5 Å². The molecule has 0 unspecified atom stereocenters. The molecule has 0 aliphatic heterocycles. The molecule has 3 aromatic rings.